The van der Waals surface area contributed by atoms with E-state index in [1.807, 2.05) is 32.0 Å². The molecule has 1 saturated heterocycles. The Kier molecular flexibility index (Phi) is 4.38. The molecule has 1 fully saturated rings. The van der Waals surface area contributed by atoms with E-state index in [4.69, 9.17) is 14.5 Å². The van der Waals surface area contributed by atoms with Crippen LogP contribution in [0.25, 0.3) is 11.3 Å². The third kappa shape index (κ3) is 3.53. The van der Waals surface area contributed by atoms with Gasteiger partial charge in [-0.3, -0.25) is 4.98 Å². The summed E-state index contributed by atoms with van der Waals surface area (Å²) < 4.78 is 10.9. The number of aromatic nitrogens is 4. The van der Waals surface area contributed by atoms with Crippen LogP contribution >= 0.6 is 0 Å². The molecule has 0 radical (unpaired) electrons. The van der Waals surface area contributed by atoms with Crippen LogP contribution in [0.2, 0.25) is 0 Å². The van der Waals surface area contributed by atoms with E-state index in [2.05, 4.69) is 37.1 Å². The van der Waals surface area contributed by atoms with Crippen molar-refractivity contribution in [1.29, 1.82) is 0 Å². The van der Waals surface area contributed by atoms with Gasteiger partial charge in [0.25, 0.3) is 0 Å². The molecule has 0 aliphatic carbocycles. The van der Waals surface area contributed by atoms with Crippen LogP contribution in [0.3, 0.4) is 0 Å². The molecule has 0 unspecified atom stereocenters. The van der Waals surface area contributed by atoms with Gasteiger partial charge in [-0.2, -0.15) is 5.10 Å². The lowest BCUT2D eigenvalue weighted by Crippen LogP contribution is -2.47. The van der Waals surface area contributed by atoms with Crippen molar-refractivity contribution in [3.8, 4) is 22.8 Å². The van der Waals surface area contributed by atoms with Crippen LogP contribution in [0, 0.1) is 13.8 Å². The first-order valence-electron chi connectivity index (χ1n) is 9.71. The molecule has 0 N–H and O–H groups in total. The molecule has 1 aromatic carbocycles. The van der Waals surface area contributed by atoms with Crippen molar-refractivity contribution in [1.82, 2.24) is 20.2 Å². The molecule has 2 aliphatic heterocycles. The predicted octanol–water partition coefficient (Wildman–Crippen LogP) is 2.61. The Balaban J connectivity index is 1.32. The van der Waals surface area contributed by atoms with E-state index in [1.165, 1.54) is 5.69 Å². The van der Waals surface area contributed by atoms with E-state index in [0.29, 0.717) is 5.95 Å². The number of piperazine rings is 1. The summed E-state index contributed by atoms with van der Waals surface area (Å²) in [6.45, 7) is 7.81. The number of fused-ring (bicyclic) bond motifs is 1. The summed E-state index contributed by atoms with van der Waals surface area (Å²) in [7, 11) is 0. The summed E-state index contributed by atoms with van der Waals surface area (Å²) in [6, 6.07) is 10.1. The van der Waals surface area contributed by atoms with Crippen LogP contribution in [0.4, 0.5) is 11.6 Å². The van der Waals surface area contributed by atoms with E-state index >= 15 is 0 Å². The molecule has 0 bridgehead atoms. The van der Waals surface area contributed by atoms with Gasteiger partial charge in [0.2, 0.25) is 12.7 Å². The van der Waals surface area contributed by atoms with E-state index < -0.39 is 0 Å². The highest BCUT2D eigenvalue weighted by atomic mass is 16.7. The predicted molar refractivity (Wildman–Crippen MR) is 110 cm³/mol. The Morgan fingerprint density at radius 2 is 1.55 bits per heavy atom. The molecule has 2 aliphatic rings. The first-order valence-corrected chi connectivity index (χ1v) is 9.71. The molecule has 148 valence electrons. The lowest BCUT2D eigenvalue weighted by Gasteiger charge is -2.36. The van der Waals surface area contributed by atoms with Crippen molar-refractivity contribution in [3.05, 3.63) is 47.9 Å². The Morgan fingerprint density at radius 3 is 2.34 bits per heavy atom. The molecule has 0 spiro atoms. The van der Waals surface area contributed by atoms with Crippen molar-refractivity contribution >= 4 is 11.6 Å². The summed E-state index contributed by atoms with van der Waals surface area (Å²) in [5.41, 5.74) is 5.03. The second-order valence-electron chi connectivity index (χ2n) is 7.29. The standard InChI is InChI=1S/C21H22N6O2/c1-14-9-17(10-15(2)23-14)26-5-7-27(8-6-26)21-24-18(12-22-25-21)16-3-4-19-20(11-16)29-13-28-19/h3-4,9-12H,5-8,13H2,1-2H3. The highest BCUT2D eigenvalue weighted by molar-refractivity contribution is 5.64. The second kappa shape index (κ2) is 7.20. The Hall–Kier alpha value is -3.42. The summed E-state index contributed by atoms with van der Waals surface area (Å²) in [5, 5.41) is 8.45. The Morgan fingerprint density at radius 1 is 0.828 bits per heavy atom. The monoisotopic (exact) mass is 390 g/mol. The fourth-order valence-corrected chi connectivity index (χ4v) is 3.78. The van der Waals surface area contributed by atoms with Gasteiger partial charge in [-0.15, -0.1) is 5.10 Å². The van der Waals surface area contributed by atoms with E-state index in [9.17, 15) is 0 Å². The molecule has 8 nitrogen and oxygen atoms in total. The maximum Gasteiger partial charge on any atom is 0.246 e. The number of aryl methyl sites for hydroxylation is 2. The first-order chi connectivity index (χ1) is 14.2. The zero-order valence-electron chi connectivity index (χ0n) is 16.5. The van der Waals surface area contributed by atoms with Crippen LogP contribution in [0.15, 0.2) is 36.5 Å². The van der Waals surface area contributed by atoms with Crippen molar-refractivity contribution in [3.63, 3.8) is 0 Å². The topological polar surface area (TPSA) is 76.5 Å². The van der Waals surface area contributed by atoms with Crippen molar-refractivity contribution in [2.75, 3.05) is 42.8 Å². The highest BCUT2D eigenvalue weighted by Gasteiger charge is 2.21. The average molecular weight is 390 g/mol. The highest BCUT2D eigenvalue weighted by Crippen LogP contribution is 2.35. The maximum absolute atomic E-state index is 5.47. The smallest absolute Gasteiger partial charge is 0.246 e. The molecule has 3 aromatic rings. The number of anilines is 2. The average Bonchev–Trinajstić information content (AvgIpc) is 3.21. The number of hydrogen-bond acceptors (Lipinski definition) is 8. The van der Waals surface area contributed by atoms with Crippen LogP contribution in [-0.4, -0.2) is 53.1 Å². The molecular weight excluding hydrogens is 368 g/mol. The van der Waals surface area contributed by atoms with Gasteiger partial charge in [0.15, 0.2) is 11.5 Å². The SMILES string of the molecule is Cc1cc(N2CCN(c3nncc(-c4ccc5c(c4)OCO5)n3)CC2)cc(C)n1. The number of ether oxygens (including phenoxy) is 2. The number of pyridine rings is 1. The lowest BCUT2D eigenvalue weighted by molar-refractivity contribution is 0.174. The Bertz CT molecular complexity index is 1030. The fraction of sp³-hybridized carbons (Fsp3) is 0.333. The van der Waals surface area contributed by atoms with Gasteiger partial charge in [-0.05, 0) is 44.2 Å². The number of hydrogen-bond donors (Lipinski definition) is 0. The molecular formula is C21H22N6O2. The van der Waals surface area contributed by atoms with Crippen molar-refractivity contribution in [2.45, 2.75) is 13.8 Å². The lowest BCUT2D eigenvalue weighted by atomic mass is 10.1. The van der Waals surface area contributed by atoms with Gasteiger partial charge in [-0.1, -0.05) is 0 Å². The quantitative estimate of drug-likeness (QED) is 0.676. The van der Waals surface area contributed by atoms with Gasteiger partial charge < -0.3 is 19.3 Å². The summed E-state index contributed by atoms with van der Waals surface area (Å²) >= 11 is 0. The van der Waals surface area contributed by atoms with Gasteiger partial charge in [0, 0.05) is 48.8 Å². The molecule has 8 heteroatoms. The van der Waals surface area contributed by atoms with E-state index in [-0.39, 0.29) is 6.79 Å². The van der Waals surface area contributed by atoms with Gasteiger partial charge >= 0.3 is 0 Å². The van der Waals surface area contributed by atoms with Gasteiger partial charge in [-0.25, -0.2) is 4.98 Å². The minimum absolute atomic E-state index is 0.257. The second-order valence-corrected chi connectivity index (χ2v) is 7.29. The zero-order valence-corrected chi connectivity index (χ0v) is 16.5. The van der Waals surface area contributed by atoms with E-state index in [0.717, 1.165) is 60.3 Å². The molecule has 2 aromatic heterocycles. The fourth-order valence-electron chi connectivity index (χ4n) is 3.78. The molecule has 0 atom stereocenters. The molecule has 29 heavy (non-hydrogen) atoms. The van der Waals surface area contributed by atoms with Crippen LogP contribution in [-0.2, 0) is 0 Å². The van der Waals surface area contributed by atoms with Crippen LogP contribution in [0.5, 0.6) is 11.5 Å². The molecule has 5 rings (SSSR count). The third-order valence-corrected chi connectivity index (χ3v) is 5.21. The van der Waals surface area contributed by atoms with Crippen molar-refractivity contribution < 1.29 is 9.47 Å². The Labute approximate surface area is 169 Å². The van der Waals surface area contributed by atoms with Crippen LogP contribution < -0.4 is 19.3 Å². The number of rotatable bonds is 3. The minimum Gasteiger partial charge on any atom is -0.454 e. The molecule has 0 amide bonds. The van der Waals surface area contributed by atoms with Gasteiger partial charge in [0.1, 0.15) is 0 Å². The van der Waals surface area contributed by atoms with Crippen LogP contribution in [0.1, 0.15) is 11.4 Å². The number of nitrogens with zero attached hydrogens (tertiary/aromatic N) is 6. The summed E-state index contributed by atoms with van der Waals surface area (Å²) in [4.78, 5) is 13.8. The number of benzene rings is 1. The van der Waals surface area contributed by atoms with Gasteiger partial charge in [0.05, 0.1) is 11.9 Å². The largest absolute Gasteiger partial charge is 0.454 e. The van der Waals surface area contributed by atoms with Crippen molar-refractivity contribution in [2.24, 2.45) is 0 Å². The third-order valence-electron chi connectivity index (χ3n) is 5.21. The van der Waals surface area contributed by atoms with E-state index in [1.54, 1.807) is 6.20 Å². The summed E-state index contributed by atoms with van der Waals surface area (Å²) in [6.07, 6.45) is 1.68. The normalized spacial score (nSPS) is 15.7. The first kappa shape index (κ1) is 17.7. The minimum atomic E-state index is 0.257. The zero-order chi connectivity index (χ0) is 19.8. The molecule has 4 heterocycles. The molecule has 0 saturated carbocycles. The summed E-state index contributed by atoms with van der Waals surface area (Å²) in [5.74, 6) is 2.15. The maximum atomic E-state index is 5.47.